The van der Waals surface area contributed by atoms with Gasteiger partial charge in [-0.1, -0.05) is 0 Å². The van der Waals surface area contributed by atoms with E-state index in [2.05, 4.69) is 0 Å². The summed E-state index contributed by atoms with van der Waals surface area (Å²) < 4.78 is 10.6. The van der Waals surface area contributed by atoms with Crippen LogP contribution in [0.1, 0.15) is 25.3 Å². The molecule has 0 bridgehead atoms. The van der Waals surface area contributed by atoms with Crippen molar-refractivity contribution in [1.82, 2.24) is 0 Å². The molecule has 5 nitrogen and oxygen atoms in total. The van der Waals surface area contributed by atoms with Crippen molar-refractivity contribution in [2.45, 2.75) is 31.3 Å². The molecule has 1 aromatic rings. The molecule has 1 aliphatic rings. The molecule has 0 aliphatic carbocycles. The van der Waals surface area contributed by atoms with Gasteiger partial charge in [-0.05, 0) is 43.5 Å². The van der Waals surface area contributed by atoms with Gasteiger partial charge in [-0.25, -0.2) is 0 Å². The van der Waals surface area contributed by atoms with Crippen LogP contribution in [0.3, 0.4) is 0 Å². The monoisotopic (exact) mass is 265 g/mol. The van der Waals surface area contributed by atoms with Crippen LogP contribution >= 0.6 is 0 Å². The van der Waals surface area contributed by atoms with Gasteiger partial charge in [0.2, 0.25) is 0 Å². The molecule has 2 rings (SSSR count). The zero-order valence-electron chi connectivity index (χ0n) is 11.2. The van der Waals surface area contributed by atoms with E-state index in [1.165, 1.54) is 0 Å². The number of rotatable bonds is 3. The fourth-order valence-electron chi connectivity index (χ4n) is 2.72. The highest BCUT2D eigenvalue weighted by Crippen LogP contribution is 2.41. The lowest BCUT2D eigenvalue weighted by molar-refractivity contribution is -0.150. The first kappa shape index (κ1) is 13.7. The van der Waals surface area contributed by atoms with Gasteiger partial charge in [-0.2, -0.15) is 0 Å². The van der Waals surface area contributed by atoms with Crippen molar-refractivity contribution >= 4 is 11.7 Å². The van der Waals surface area contributed by atoms with E-state index in [1.807, 2.05) is 6.92 Å². The van der Waals surface area contributed by atoms with Crippen LogP contribution in [0.15, 0.2) is 18.2 Å². The number of aliphatic carboxylic acids is 1. The van der Waals surface area contributed by atoms with Crippen LogP contribution in [0, 0.1) is 0 Å². The highest BCUT2D eigenvalue weighted by atomic mass is 16.5. The van der Waals surface area contributed by atoms with Crippen LogP contribution in [-0.4, -0.2) is 30.9 Å². The summed E-state index contributed by atoms with van der Waals surface area (Å²) in [5.41, 5.74) is 6.10. The smallest absolute Gasteiger partial charge is 0.314 e. The first-order valence-electron chi connectivity index (χ1n) is 6.28. The van der Waals surface area contributed by atoms with E-state index >= 15 is 0 Å². The van der Waals surface area contributed by atoms with E-state index in [1.54, 1.807) is 25.3 Å². The van der Waals surface area contributed by atoms with Gasteiger partial charge in [0.1, 0.15) is 5.75 Å². The number of methoxy groups -OCH3 is 1. The molecule has 2 unspecified atom stereocenters. The molecule has 1 aliphatic heterocycles. The number of hydrogen-bond donors (Lipinski definition) is 2. The average molecular weight is 265 g/mol. The highest BCUT2D eigenvalue weighted by molar-refractivity contribution is 5.84. The van der Waals surface area contributed by atoms with Crippen LogP contribution in [0.5, 0.6) is 5.75 Å². The second kappa shape index (κ2) is 5.09. The molecular weight excluding hydrogens is 246 g/mol. The Bertz CT molecular complexity index is 488. The first-order chi connectivity index (χ1) is 8.99. The summed E-state index contributed by atoms with van der Waals surface area (Å²) in [7, 11) is 1.55. The Balaban J connectivity index is 2.52. The molecule has 19 heavy (non-hydrogen) atoms. The van der Waals surface area contributed by atoms with Crippen molar-refractivity contribution in [3.8, 4) is 5.75 Å². The Morgan fingerprint density at radius 2 is 2.32 bits per heavy atom. The molecule has 0 spiro atoms. The summed E-state index contributed by atoms with van der Waals surface area (Å²) in [6.45, 7) is 2.30. The summed E-state index contributed by atoms with van der Waals surface area (Å²) >= 11 is 0. The number of anilines is 1. The molecule has 0 aromatic heterocycles. The summed E-state index contributed by atoms with van der Waals surface area (Å²) in [6.07, 6.45) is 0.736. The SMILES string of the molecule is COc1ccc(N)c(C2(C(=O)O)CCOC(C)C2)c1. The molecule has 2 atom stereocenters. The predicted molar refractivity (Wildman–Crippen MR) is 71.4 cm³/mol. The summed E-state index contributed by atoms with van der Waals surface area (Å²) in [5, 5.41) is 9.70. The Kier molecular flexibility index (Phi) is 3.66. The summed E-state index contributed by atoms with van der Waals surface area (Å²) in [6, 6.07) is 5.15. The third-order valence-corrected chi connectivity index (χ3v) is 3.75. The van der Waals surface area contributed by atoms with Gasteiger partial charge in [0, 0.05) is 12.3 Å². The van der Waals surface area contributed by atoms with Crippen molar-refractivity contribution in [2.24, 2.45) is 0 Å². The van der Waals surface area contributed by atoms with Crippen LogP contribution in [0.2, 0.25) is 0 Å². The Labute approximate surface area is 112 Å². The third-order valence-electron chi connectivity index (χ3n) is 3.75. The first-order valence-corrected chi connectivity index (χ1v) is 6.28. The Morgan fingerprint density at radius 1 is 1.58 bits per heavy atom. The molecule has 5 heteroatoms. The molecule has 0 amide bonds. The molecule has 0 radical (unpaired) electrons. The number of hydrogen-bond acceptors (Lipinski definition) is 4. The lowest BCUT2D eigenvalue weighted by Gasteiger charge is -2.37. The van der Waals surface area contributed by atoms with E-state index in [9.17, 15) is 9.90 Å². The normalized spacial score (nSPS) is 26.9. The van der Waals surface area contributed by atoms with Crippen molar-refractivity contribution in [3.63, 3.8) is 0 Å². The van der Waals surface area contributed by atoms with Gasteiger partial charge in [-0.3, -0.25) is 4.79 Å². The minimum Gasteiger partial charge on any atom is -0.497 e. The van der Waals surface area contributed by atoms with E-state index in [-0.39, 0.29) is 6.10 Å². The number of benzene rings is 1. The van der Waals surface area contributed by atoms with E-state index in [0.717, 1.165) is 0 Å². The largest absolute Gasteiger partial charge is 0.497 e. The maximum absolute atomic E-state index is 11.8. The number of nitrogens with two attached hydrogens (primary N) is 1. The zero-order chi connectivity index (χ0) is 14.0. The number of nitrogen functional groups attached to an aromatic ring is 1. The summed E-state index contributed by atoms with van der Waals surface area (Å²) in [4.78, 5) is 11.8. The minimum absolute atomic E-state index is 0.101. The van der Waals surface area contributed by atoms with Crippen LogP contribution in [0.25, 0.3) is 0 Å². The molecular formula is C14H19NO4. The quantitative estimate of drug-likeness (QED) is 0.814. The van der Waals surface area contributed by atoms with E-state index in [4.69, 9.17) is 15.2 Å². The van der Waals surface area contributed by atoms with Gasteiger partial charge < -0.3 is 20.3 Å². The number of carboxylic acids is 1. The van der Waals surface area contributed by atoms with Gasteiger partial charge in [-0.15, -0.1) is 0 Å². The lowest BCUT2D eigenvalue weighted by Crippen LogP contribution is -2.44. The Hall–Kier alpha value is -1.75. The van der Waals surface area contributed by atoms with Crippen molar-refractivity contribution in [3.05, 3.63) is 23.8 Å². The standard InChI is InChI=1S/C14H19NO4/c1-9-8-14(13(16)17,5-6-19-9)11-7-10(18-2)3-4-12(11)15/h3-4,7,9H,5-6,8,15H2,1-2H3,(H,16,17). The number of carbonyl (C=O) groups is 1. The third kappa shape index (κ3) is 2.38. The molecule has 1 fully saturated rings. The van der Waals surface area contributed by atoms with Crippen molar-refractivity contribution < 1.29 is 19.4 Å². The molecule has 0 saturated carbocycles. The van der Waals surface area contributed by atoms with E-state index < -0.39 is 11.4 Å². The second-order valence-corrected chi connectivity index (χ2v) is 4.98. The Morgan fingerprint density at radius 3 is 2.89 bits per heavy atom. The van der Waals surface area contributed by atoms with Crippen LogP contribution in [0.4, 0.5) is 5.69 Å². The molecule has 1 saturated heterocycles. The lowest BCUT2D eigenvalue weighted by atomic mass is 9.72. The van der Waals surface area contributed by atoms with Crippen molar-refractivity contribution in [1.29, 1.82) is 0 Å². The zero-order valence-corrected chi connectivity index (χ0v) is 11.2. The van der Waals surface area contributed by atoms with Gasteiger partial charge in [0.05, 0.1) is 18.6 Å². The minimum atomic E-state index is -0.990. The van der Waals surface area contributed by atoms with Gasteiger partial charge in [0.15, 0.2) is 0 Å². The number of carboxylic acid groups (broad SMARTS) is 1. The van der Waals surface area contributed by atoms with Crippen LogP contribution in [-0.2, 0) is 14.9 Å². The summed E-state index contributed by atoms with van der Waals surface area (Å²) in [5.74, 6) is -0.244. The molecule has 3 N–H and O–H groups in total. The second-order valence-electron chi connectivity index (χ2n) is 4.98. The molecule has 104 valence electrons. The number of ether oxygens (including phenoxy) is 2. The highest BCUT2D eigenvalue weighted by Gasteiger charge is 2.45. The van der Waals surface area contributed by atoms with E-state index in [0.29, 0.717) is 36.4 Å². The fraction of sp³-hybridized carbons (Fsp3) is 0.500. The molecule has 1 heterocycles. The molecule has 1 aromatic carbocycles. The maximum Gasteiger partial charge on any atom is 0.314 e. The fourth-order valence-corrected chi connectivity index (χ4v) is 2.72. The van der Waals surface area contributed by atoms with Crippen LogP contribution < -0.4 is 10.5 Å². The average Bonchev–Trinajstić information content (AvgIpc) is 2.39. The van der Waals surface area contributed by atoms with Gasteiger partial charge >= 0.3 is 5.97 Å². The maximum atomic E-state index is 11.8. The van der Waals surface area contributed by atoms with Gasteiger partial charge in [0.25, 0.3) is 0 Å². The predicted octanol–water partition coefficient (Wildman–Crippen LogP) is 1.80. The van der Waals surface area contributed by atoms with Crippen molar-refractivity contribution in [2.75, 3.05) is 19.5 Å². The topological polar surface area (TPSA) is 81.8 Å².